The maximum absolute atomic E-state index is 12.1. The molecule has 0 aliphatic rings. The van der Waals surface area contributed by atoms with Gasteiger partial charge in [-0.3, -0.25) is 0 Å². The molecular formula is C6H4Br2F2N2. The minimum atomic E-state index is -2.60. The average molecular weight is 302 g/mol. The molecule has 2 nitrogen and oxygen atoms in total. The molecule has 0 aromatic carbocycles. The van der Waals surface area contributed by atoms with Crippen LogP contribution in [0.5, 0.6) is 0 Å². The molecule has 6 heteroatoms. The van der Waals surface area contributed by atoms with Crippen molar-refractivity contribution < 1.29 is 8.78 Å². The smallest absolute Gasteiger partial charge is 0.280 e. The Morgan fingerprint density at radius 1 is 1.42 bits per heavy atom. The van der Waals surface area contributed by atoms with E-state index in [1.54, 1.807) is 0 Å². The number of rotatable bonds is 1. The Labute approximate surface area is 84.4 Å². The molecule has 1 rings (SSSR count). The first-order valence-electron chi connectivity index (χ1n) is 2.92. The Morgan fingerprint density at radius 2 is 2.00 bits per heavy atom. The van der Waals surface area contributed by atoms with Crippen LogP contribution in [-0.4, -0.2) is 4.98 Å². The van der Waals surface area contributed by atoms with Gasteiger partial charge in [0.25, 0.3) is 6.43 Å². The summed E-state index contributed by atoms with van der Waals surface area (Å²) in [7, 11) is 0. The van der Waals surface area contributed by atoms with Crippen molar-refractivity contribution in [2.45, 2.75) is 6.43 Å². The number of alkyl halides is 2. The number of aromatic nitrogens is 1. The van der Waals surface area contributed by atoms with Gasteiger partial charge in [-0.2, -0.15) is 0 Å². The molecule has 1 heterocycles. The molecular weight excluding hydrogens is 298 g/mol. The average Bonchev–Trinajstić information content (AvgIpc) is 1.99. The fraction of sp³-hybridized carbons (Fsp3) is 0.167. The molecule has 0 atom stereocenters. The minimum Gasteiger partial charge on any atom is -0.398 e. The van der Waals surface area contributed by atoms with Crippen molar-refractivity contribution in [2.24, 2.45) is 0 Å². The van der Waals surface area contributed by atoms with Crippen molar-refractivity contribution in [1.29, 1.82) is 0 Å². The molecule has 0 saturated heterocycles. The lowest BCUT2D eigenvalue weighted by Crippen LogP contribution is -1.96. The number of pyridine rings is 1. The van der Waals surface area contributed by atoms with Crippen molar-refractivity contribution in [1.82, 2.24) is 4.98 Å². The molecule has 2 N–H and O–H groups in total. The summed E-state index contributed by atoms with van der Waals surface area (Å²) in [5.41, 5.74) is 5.32. The van der Waals surface area contributed by atoms with Crippen LogP contribution in [0, 0.1) is 0 Å². The lowest BCUT2D eigenvalue weighted by atomic mass is 10.3. The lowest BCUT2D eigenvalue weighted by Gasteiger charge is -2.04. The van der Waals surface area contributed by atoms with Gasteiger partial charge in [0.05, 0.1) is 10.2 Å². The summed E-state index contributed by atoms with van der Waals surface area (Å²) in [4.78, 5) is 3.57. The Kier molecular flexibility index (Phi) is 3.00. The number of hydrogen-bond donors (Lipinski definition) is 1. The van der Waals surface area contributed by atoms with Crippen LogP contribution < -0.4 is 5.73 Å². The Morgan fingerprint density at radius 3 is 2.42 bits per heavy atom. The van der Waals surface area contributed by atoms with E-state index >= 15 is 0 Å². The fourth-order valence-electron chi connectivity index (χ4n) is 0.648. The van der Waals surface area contributed by atoms with Crippen LogP contribution in [0.2, 0.25) is 0 Å². The van der Waals surface area contributed by atoms with Gasteiger partial charge in [-0.25, -0.2) is 13.8 Å². The van der Waals surface area contributed by atoms with E-state index in [1.807, 2.05) is 0 Å². The number of anilines is 1. The monoisotopic (exact) mass is 300 g/mol. The second kappa shape index (κ2) is 3.66. The molecule has 0 spiro atoms. The molecule has 66 valence electrons. The zero-order valence-electron chi connectivity index (χ0n) is 5.69. The Hall–Kier alpha value is -0.230. The highest BCUT2D eigenvalue weighted by Crippen LogP contribution is 2.30. The van der Waals surface area contributed by atoms with Crippen molar-refractivity contribution >= 4 is 37.5 Å². The molecule has 0 radical (unpaired) electrons. The van der Waals surface area contributed by atoms with E-state index in [0.29, 0.717) is 4.47 Å². The standard InChI is InChI=1S/C6H4Br2F2N2/c7-4-2(11)1-3(6(9)10)12-5(4)8/h1,6H,(H2,11,12). The molecule has 0 unspecified atom stereocenters. The first-order chi connectivity index (χ1) is 5.52. The van der Waals surface area contributed by atoms with Crippen LogP contribution >= 0.6 is 31.9 Å². The fourth-order valence-corrected chi connectivity index (χ4v) is 1.29. The molecule has 0 amide bonds. The summed E-state index contributed by atoms with van der Waals surface area (Å²) in [6.45, 7) is 0. The number of nitrogen functional groups attached to an aromatic ring is 1. The van der Waals surface area contributed by atoms with Crippen LogP contribution in [0.15, 0.2) is 15.1 Å². The molecule has 0 saturated carbocycles. The van der Waals surface area contributed by atoms with Gasteiger partial charge < -0.3 is 5.73 Å². The molecule has 0 aliphatic carbocycles. The number of hydrogen-bond acceptors (Lipinski definition) is 2. The van der Waals surface area contributed by atoms with Crippen LogP contribution in [0.3, 0.4) is 0 Å². The van der Waals surface area contributed by atoms with Gasteiger partial charge in [-0.05, 0) is 37.9 Å². The van der Waals surface area contributed by atoms with E-state index < -0.39 is 6.43 Å². The summed E-state index contributed by atoms with van der Waals surface area (Å²) in [6.07, 6.45) is -2.60. The van der Waals surface area contributed by atoms with Gasteiger partial charge in [-0.1, -0.05) is 0 Å². The highest BCUT2D eigenvalue weighted by Gasteiger charge is 2.12. The summed E-state index contributed by atoms with van der Waals surface area (Å²) < 4.78 is 25.0. The summed E-state index contributed by atoms with van der Waals surface area (Å²) >= 11 is 6.08. The largest absolute Gasteiger partial charge is 0.398 e. The molecule has 0 fully saturated rings. The SMILES string of the molecule is Nc1cc(C(F)F)nc(Br)c1Br. The topological polar surface area (TPSA) is 38.9 Å². The third-order valence-corrected chi connectivity index (χ3v) is 3.13. The highest BCUT2D eigenvalue weighted by molar-refractivity contribution is 9.13. The number of nitrogens with zero attached hydrogens (tertiary/aromatic N) is 1. The van der Waals surface area contributed by atoms with Gasteiger partial charge in [0.1, 0.15) is 10.3 Å². The Bertz CT molecular complexity index is 281. The van der Waals surface area contributed by atoms with E-state index in [4.69, 9.17) is 5.73 Å². The molecule has 12 heavy (non-hydrogen) atoms. The van der Waals surface area contributed by atoms with E-state index in [-0.39, 0.29) is 16.0 Å². The van der Waals surface area contributed by atoms with Crippen molar-refractivity contribution in [3.63, 3.8) is 0 Å². The number of halogens is 4. The van der Waals surface area contributed by atoms with E-state index in [2.05, 4.69) is 36.8 Å². The van der Waals surface area contributed by atoms with Crippen LogP contribution in [0.4, 0.5) is 14.5 Å². The first kappa shape index (κ1) is 9.85. The van der Waals surface area contributed by atoms with Crippen LogP contribution in [-0.2, 0) is 0 Å². The van der Waals surface area contributed by atoms with Gasteiger partial charge in [0, 0.05) is 0 Å². The van der Waals surface area contributed by atoms with Gasteiger partial charge in [-0.15, -0.1) is 0 Å². The quantitative estimate of drug-likeness (QED) is 0.810. The maximum atomic E-state index is 12.1. The van der Waals surface area contributed by atoms with Gasteiger partial charge in [0.15, 0.2) is 0 Å². The third-order valence-electron chi connectivity index (χ3n) is 1.19. The molecule has 0 bridgehead atoms. The normalized spacial score (nSPS) is 10.8. The lowest BCUT2D eigenvalue weighted by molar-refractivity contribution is 0.146. The predicted octanol–water partition coefficient (Wildman–Crippen LogP) is 3.13. The summed E-state index contributed by atoms with van der Waals surface area (Å²) in [5.74, 6) is 0. The minimum absolute atomic E-state index is 0.243. The molecule has 1 aromatic heterocycles. The summed E-state index contributed by atoms with van der Waals surface area (Å²) in [6, 6.07) is 1.14. The highest BCUT2D eigenvalue weighted by atomic mass is 79.9. The molecule has 1 aromatic rings. The van der Waals surface area contributed by atoms with Crippen molar-refractivity contribution in [3.8, 4) is 0 Å². The first-order valence-corrected chi connectivity index (χ1v) is 4.50. The van der Waals surface area contributed by atoms with E-state index in [1.165, 1.54) is 0 Å². The maximum Gasteiger partial charge on any atom is 0.280 e. The molecule has 0 aliphatic heterocycles. The zero-order chi connectivity index (χ0) is 9.30. The number of nitrogens with two attached hydrogens (primary N) is 1. The van der Waals surface area contributed by atoms with E-state index in [9.17, 15) is 8.78 Å². The summed E-state index contributed by atoms with van der Waals surface area (Å²) in [5, 5.41) is 0. The Balaban J connectivity index is 3.21. The van der Waals surface area contributed by atoms with Crippen molar-refractivity contribution in [3.05, 3.63) is 20.8 Å². The predicted molar refractivity (Wildman–Crippen MR) is 49.0 cm³/mol. The van der Waals surface area contributed by atoms with Crippen molar-refractivity contribution in [2.75, 3.05) is 5.73 Å². The van der Waals surface area contributed by atoms with Crippen LogP contribution in [0.1, 0.15) is 12.1 Å². The van der Waals surface area contributed by atoms with Gasteiger partial charge >= 0.3 is 0 Å². The third kappa shape index (κ3) is 1.92. The zero-order valence-corrected chi connectivity index (χ0v) is 8.86. The van der Waals surface area contributed by atoms with Crippen LogP contribution in [0.25, 0.3) is 0 Å². The second-order valence-electron chi connectivity index (χ2n) is 2.04. The second-order valence-corrected chi connectivity index (χ2v) is 3.59. The van der Waals surface area contributed by atoms with E-state index in [0.717, 1.165) is 6.07 Å². The van der Waals surface area contributed by atoms with Gasteiger partial charge in [0.2, 0.25) is 0 Å².